The minimum absolute atomic E-state index is 0.0486. The Balaban J connectivity index is 2.65. The van der Waals surface area contributed by atoms with Crippen LogP contribution in [-0.2, 0) is 5.41 Å². The number of hydrogen-bond acceptors (Lipinski definition) is 1. The Hall–Kier alpha value is -1.28. The van der Waals surface area contributed by atoms with Gasteiger partial charge in [0.15, 0.2) is 0 Å². The first kappa shape index (κ1) is 19.0. The summed E-state index contributed by atoms with van der Waals surface area (Å²) in [6.07, 6.45) is 9.58. The van der Waals surface area contributed by atoms with Gasteiger partial charge in [-0.25, -0.2) is 0 Å². The summed E-state index contributed by atoms with van der Waals surface area (Å²) in [5, 5.41) is 0. The lowest BCUT2D eigenvalue weighted by molar-refractivity contribution is 0.382. The molecule has 24 heavy (non-hydrogen) atoms. The lowest BCUT2D eigenvalue weighted by atomic mass is 9.69. The van der Waals surface area contributed by atoms with Crippen LogP contribution < -0.4 is 4.74 Å². The van der Waals surface area contributed by atoms with Crippen molar-refractivity contribution in [2.45, 2.75) is 71.1 Å². The van der Waals surface area contributed by atoms with E-state index >= 15 is 0 Å². The number of aryl methyl sites for hydroxylation is 2. The number of ether oxygens (including phenoxy) is 1. The second-order valence-corrected chi connectivity index (χ2v) is 13.7. The Kier molecular flexibility index (Phi) is 5.49. The van der Waals surface area contributed by atoms with E-state index in [1.165, 1.54) is 22.3 Å². The summed E-state index contributed by atoms with van der Waals surface area (Å²) in [7, 11) is 0.597. The number of benzene rings is 1. The van der Waals surface area contributed by atoms with Crippen molar-refractivity contribution in [2.75, 3.05) is 7.11 Å². The second kappa shape index (κ2) is 6.91. The molecular formula is C22H34OSi. The van der Waals surface area contributed by atoms with Crippen LogP contribution in [0.5, 0.6) is 5.75 Å². The summed E-state index contributed by atoms with van der Waals surface area (Å²) < 4.78 is 5.85. The predicted molar refractivity (Wildman–Crippen MR) is 109 cm³/mol. The van der Waals surface area contributed by atoms with Gasteiger partial charge in [-0.3, -0.25) is 0 Å². The van der Waals surface area contributed by atoms with Gasteiger partial charge in [0.1, 0.15) is 5.75 Å². The van der Waals surface area contributed by atoms with Crippen LogP contribution in [0.2, 0.25) is 25.2 Å². The average Bonchev–Trinajstić information content (AvgIpc) is 2.99. The highest BCUT2D eigenvalue weighted by molar-refractivity contribution is 6.78. The van der Waals surface area contributed by atoms with Gasteiger partial charge in [-0.1, -0.05) is 69.4 Å². The topological polar surface area (TPSA) is 9.23 Å². The fourth-order valence-corrected chi connectivity index (χ4v) is 5.50. The van der Waals surface area contributed by atoms with Crippen molar-refractivity contribution < 1.29 is 4.74 Å². The Morgan fingerprint density at radius 2 is 1.71 bits per heavy atom. The molecule has 0 fully saturated rings. The van der Waals surface area contributed by atoms with Gasteiger partial charge < -0.3 is 4.74 Å². The molecule has 132 valence electrons. The minimum Gasteiger partial charge on any atom is -0.496 e. The van der Waals surface area contributed by atoms with Crippen LogP contribution in [0, 0.1) is 13.8 Å². The summed E-state index contributed by atoms with van der Waals surface area (Å²) in [5.41, 5.74) is 6.10. The lowest BCUT2D eigenvalue weighted by Gasteiger charge is -2.36. The van der Waals surface area contributed by atoms with Gasteiger partial charge >= 0.3 is 0 Å². The molecule has 0 spiro atoms. The monoisotopic (exact) mass is 342 g/mol. The molecule has 0 N–H and O–H groups in total. The molecule has 0 saturated carbocycles. The van der Waals surface area contributed by atoms with E-state index in [0.29, 0.717) is 5.54 Å². The van der Waals surface area contributed by atoms with E-state index in [2.05, 4.69) is 77.7 Å². The maximum Gasteiger partial charge on any atom is 0.125 e. The number of methoxy groups -OCH3 is 1. The van der Waals surface area contributed by atoms with Crippen LogP contribution in [0.3, 0.4) is 0 Å². The van der Waals surface area contributed by atoms with E-state index in [1.54, 1.807) is 7.11 Å². The molecule has 0 bridgehead atoms. The van der Waals surface area contributed by atoms with E-state index in [0.717, 1.165) is 18.6 Å². The van der Waals surface area contributed by atoms with Gasteiger partial charge in [-0.15, -0.1) is 0 Å². The van der Waals surface area contributed by atoms with Crippen LogP contribution in [0.1, 0.15) is 43.4 Å². The van der Waals surface area contributed by atoms with E-state index in [4.69, 9.17) is 4.74 Å². The summed E-state index contributed by atoms with van der Waals surface area (Å²) in [5.74, 6) is 1.06. The first-order valence-corrected chi connectivity index (χ1v) is 12.8. The average molecular weight is 343 g/mol. The van der Waals surface area contributed by atoms with Crippen LogP contribution in [0.25, 0.3) is 0 Å². The van der Waals surface area contributed by atoms with Crippen molar-refractivity contribution in [1.82, 2.24) is 0 Å². The minimum atomic E-state index is -1.21. The fraction of sp³-hybridized carbons (Fsp3) is 0.545. The molecule has 0 aliphatic heterocycles. The van der Waals surface area contributed by atoms with Gasteiger partial charge in [0.2, 0.25) is 0 Å². The molecule has 0 saturated heterocycles. The number of allylic oxidation sites excluding steroid dienone is 4. The first-order chi connectivity index (χ1) is 11.2. The Labute approximate surface area is 149 Å². The van der Waals surface area contributed by atoms with Crippen molar-refractivity contribution in [3.63, 3.8) is 0 Å². The van der Waals surface area contributed by atoms with E-state index < -0.39 is 8.07 Å². The second-order valence-electron chi connectivity index (χ2n) is 8.32. The van der Waals surface area contributed by atoms with Crippen molar-refractivity contribution in [3.8, 4) is 5.75 Å². The maximum absolute atomic E-state index is 5.85. The van der Waals surface area contributed by atoms with Crippen molar-refractivity contribution >= 4 is 8.07 Å². The summed E-state index contributed by atoms with van der Waals surface area (Å²) >= 11 is 0. The van der Waals surface area contributed by atoms with Gasteiger partial charge in [-0.05, 0) is 43.4 Å². The molecule has 1 aromatic rings. The number of rotatable bonds is 6. The largest absolute Gasteiger partial charge is 0.496 e. The molecule has 2 rings (SSSR count). The van der Waals surface area contributed by atoms with Crippen molar-refractivity contribution in [3.05, 3.63) is 52.6 Å². The van der Waals surface area contributed by atoms with Crippen molar-refractivity contribution in [1.29, 1.82) is 0 Å². The third-order valence-electron chi connectivity index (χ3n) is 5.74. The zero-order valence-corrected chi connectivity index (χ0v) is 17.8. The molecule has 1 aliphatic rings. The van der Waals surface area contributed by atoms with Gasteiger partial charge in [-0.2, -0.15) is 0 Å². The zero-order valence-electron chi connectivity index (χ0n) is 16.8. The third kappa shape index (κ3) is 3.26. The molecule has 1 atom stereocenters. The number of hydrogen-bond donors (Lipinski definition) is 0. The Morgan fingerprint density at radius 3 is 2.17 bits per heavy atom. The third-order valence-corrected chi connectivity index (χ3v) is 8.10. The highest BCUT2D eigenvalue weighted by Crippen LogP contribution is 2.48. The van der Waals surface area contributed by atoms with E-state index in [9.17, 15) is 0 Å². The zero-order chi connectivity index (χ0) is 18.1. The first-order valence-electron chi connectivity index (χ1n) is 9.25. The SMILES string of the molecule is CCC(CC)(C1=CC([Si](C)(C)C)C=C1)c1cc(C)cc(C)c1OC. The molecule has 1 aromatic carbocycles. The molecule has 1 aliphatic carbocycles. The molecule has 0 radical (unpaired) electrons. The summed E-state index contributed by atoms with van der Waals surface area (Å²) in [6, 6.07) is 4.57. The Morgan fingerprint density at radius 1 is 1.08 bits per heavy atom. The molecular weight excluding hydrogens is 308 g/mol. The molecule has 0 heterocycles. The summed E-state index contributed by atoms with van der Waals surface area (Å²) in [6.45, 7) is 16.4. The maximum atomic E-state index is 5.85. The van der Waals surface area contributed by atoms with Crippen molar-refractivity contribution in [2.24, 2.45) is 0 Å². The Bertz CT molecular complexity index is 657. The normalized spacial score (nSPS) is 18.0. The molecule has 2 heteroatoms. The quantitative estimate of drug-likeness (QED) is 0.531. The molecule has 1 nitrogen and oxygen atoms in total. The predicted octanol–water partition coefficient (Wildman–Crippen LogP) is 6.57. The smallest absolute Gasteiger partial charge is 0.125 e. The highest BCUT2D eigenvalue weighted by Gasteiger charge is 2.38. The summed E-state index contributed by atoms with van der Waals surface area (Å²) in [4.78, 5) is 0. The highest BCUT2D eigenvalue weighted by atomic mass is 28.3. The van der Waals surface area contributed by atoms with Gasteiger partial charge in [0.05, 0.1) is 15.2 Å². The van der Waals surface area contributed by atoms with Crippen LogP contribution in [0.15, 0.2) is 35.9 Å². The molecule has 0 amide bonds. The standard InChI is InChI=1S/C22H34OSi/c1-9-22(10-2,18-11-12-19(15-18)24(6,7)8)20-14-16(3)13-17(4)21(20)23-5/h11-15,19H,9-10H2,1-8H3. The van der Waals surface area contributed by atoms with Gasteiger partial charge in [0.25, 0.3) is 0 Å². The van der Waals surface area contributed by atoms with E-state index in [-0.39, 0.29) is 5.41 Å². The molecule has 0 aromatic heterocycles. The van der Waals surface area contributed by atoms with Gasteiger partial charge in [0, 0.05) is 11.0 Å². The van der Waals surface area contributed by atoms with E-state index in [1.807, 2.05) is 0 Å². The lowest BCUT2D eigenvalue weighted by Crippen LogP contribution is -2.28. The molecule has 1 unspecified atom stereocenters. The van der Waals surface area contributed by atoms with Crippen LogP contribution in [0.4, 0.5) is 0 Å². The van der Waals surface area contributed by atoms with Crippen LogP contribution in [-0.4, -0.2) is 15.2 Å². The fourth-order valence-electron chi connectivity index (χ4n) is 4.15. The van der Waals surface area contributed by atoms with Crippen LogP contribution >= 0.6 is 0 Å².